The van der Waals surface area contributed by atoms with E-state index in [-0.39, 0.29) is 53.8 Å². The predicted octanol–water partition coefficient (Wildman–Crippen LogP) is 2.85. The quantitative estimate of drug-likeness (QED) is 0.536. The summed E-state index contributed by atoms with van der Waals surface area (Å²) in [6.07, 6.45) is -2.96. The van der Waals surface area contributed by atoms with Crippen LogP contribution in [0.4, 0.5) is 0 Å². The van der Waals surface area contributed by atoms with Crippen LogP contribution in [-0.2, 0) is 14.2 Å². The first-order valence-corrected chi connectivity index (χ1v) is 10.9. The molecule has 5 rings (SSSR count). The second-order valence-corrected chi connectivity index (χ2v) is 9.15. The zero-order chi connectivity index (χ0) is 23.5. The number of hydrogen-bond donors (Lipinski definition) is 4. The van der Waals surface area contributed by atoms with Crippen LogP contribution in [0.5, 0.6) is 23.0 Å². The van der Waals surface area contributed by atoms with Crippen LogP contribution >= 0.6 is 0 Å². The summed E-state index contributed by atoms with van der Waals surface area (Å²) in [7, 11) is 0. The molecule has 2 fully saturated rings. The van der Waals surface area contributed by atoms with Gasteiger partial charge in [-0.25, -0.2) is 0 Å². The number of hydrogen-bond acceptors (Lipinski definition) is 9. The molecule has 2 aromatic rings. The summed E-state index contributed by atoms with van der Waals surface area (Å²) < 4.78 is 23.5. The van der Waals surface area contributed by atoms with E-state index in [1.54, 1.807) is 26.0 Å². The minimum Gasteiger partial charge on any atom is -0.508 e. The van der Waals surface area contributed by atoms with Crippen LogP contribution in [0.1, 0.15) is 60.4 Å². The van der Waals surface area contributed by atoms with Gasteiger partial charge in [-0.1, -0.05) is 6.07 Å². The van der Waals surface area contributed by atoms with Crippen molar-refractivity contribution in [3.63, 3.8) is 0 Å². The fourth-order valence-corrected chi connectivity index (χ4v) is 4.72. The number of fused-ring (bicyclic) bond motifs is 2. The van der Waals surface area contributed by atoms with E-state index in [2.05, 4.69) is 0 Å². The number of carbonyl (C=O) groups is 1. The smallest absolute Gasteiger partial charge is 0.174 e. The Labute approximate surface area is 190 Å². The van der Waals surface area contributed by atoms with Crippen molar-refractivity contribution in [3.05, 3.63) is 47.0 Å². The van der Waals surface area contributed by atoms with E-state index in [4.69, 9.17) is 18.9 Å². The molecule has 2 saturated heterocycles. The van der Waals surface area contributed by atoms with Gasteiger partial charge in [0, 0.05) is 24.1 Å². The Morgan fingerprint density at radius 2 is 1.82 bits per heavy atom. The number of benzene rings is 2. The number of ketones is 1. The largest absolute Gasteiger partial charge is 0.508 e. The zero-order valence-corrected chi connectivity index (χ0v) is 18.2. The Hall–Kier alpha value is -2.85. The van der Waals surface area contributed by atoms with Crippen molar-refractivity contribution >= 4 is 5.78 Å². The van der Waals surface area contributed by atoms with Crippen LogP contribution < -0.4 is 4.74 Å². The molecule has 4 unspecified atom stereocenters. The SMILES string of the molecule is CC1(C)OCC2OC(c3cc(C4CC(=O)c5c(O)cc(O)cc5O4)ccc3O)C[C@@H](O)C2O1. The molecule has 0 spiro atoms. The predicted molar refractivity (Wildman–Crippen MR) is 113 cm³/mol. The first kappa shape index (κ1) is 22.0. The molecule has 176 valence electrons. The lowest BCUT2D eigenvalue weighted by molar-refractivity contribution is -0.345. The molecule has 33 heavy (non-hydrogen) atoms. The van der Waals surface area contributed by atoms with E-state index in [1.165, 1.54) is 12.1 Å². The summed E-state index contributed by atoms with van der Waals surface area (Å²) in [5.74, 6) is -1.60. The van der Waals surface area contributed by atoms with Crippen LogP contribution in [-0.4, -0.2) is 56.9 Å². The Morgan fingerprint density at radius 1 is 1.03 bits per heavy atom. The fraction of sp³-hybridized carbons (Fsp3) is 0.458. The lowest BCUT2D eigenvalue weighted by Crippen LogP contribution is -2.57. The fourth-order valence-electron chi connectivity index (χ4n) is 4.72. The normalized spacial score (nSPS) is 30.8. The summed E-state index contributed by atoms with van der Waals surface area (Å²) in [6.45, 7) is 3.80. The average Bonchev–Trinajstić information content (AvgIpc) is 2.73. The first-order chi connectivity index (χ1) is 15.6. The van der Waals surface area contributed by atoms with Gasteiger partial charge in [-0.05, 0) is 31.5 Å². The molecule has 4 N–H and O–H groups in total. The molecule has 9 heteroatoms. The second kappa shape index (κ2) is 7.88. The van der Waals surface area contributed by atoms with E-state index in [0.29, 0.717) is 11.1 Å². The highest BCUT2D eigenvalue weighted by Crippen LogP contribution is 2.44. The van der Waals surface area contributed by atoms with Gasteiger partial charge in [0.05, 0.1) is 25.2 Å². The number of phenolic OH excluding ortho intramolecular Hbond substituents is 3. The summed E-state index contributed by atoms with van der Waals surface area (Å²) in [5.41, 5.74) is 1.10. The Morgan fingerprint density at radius 3 is 2.61 bits per heavy atom. The summed E-state index contributed by atoms with van der Waals surface area (Å²) in [4.78, 5) is 12.7. The number of aromatic hydroxyl groups is 3. The number of rotatable bonds is 2. The van der Waals surface area contributed by atoms with Gasteiger partial charge >= 0.3 is 0 Å². The number of carbonyl (C=O) groups excluding carboxylic acids is 1. The van der Waals surface area contributed by atoms with Gasteiger partial charge < -0.3 is 39.4 Å². The van der Waals surface area contributed by atoms with Crippen LogP contribution in [0.2, 0.25) is 0 Å². The van der Waals surface area contributed by atoms with E-state index < -0.39 is 36.3 Å². The molecule has 0 aliphatic carbocycles. The van der Waals surface area contributed by atoms with Crippen molar-refractivity contribution in [1.29, 1.82) is 0 Å². The number of aliphatic hydroxyl groups is 1. The molecule has 0 saturated carbocycles. The third-order valence-electron chi connectivity index (χ3n) is 6.31. The van der Waals surface area contributed by atoms with Gasteiger partial charge in [-0.15, -0.1) is 0 Å². The number of phenols is 3. The van der Waals surface area contributed by atoms with E-state index in [0.717, 1.165) is 6.07 Å². The molecular formula is C24H26O9. The maximum atomic E-state index is 12.7. The standard InChI is InChI=1S/C24H26O9/c1-24(2)30-10-21-23(33-24)17(29)9-19(32-21)13-5-11(3-4-14(13)26)18-8-16(28)22-15(27)6-12(25)7-20(22)31-18/h3-7,17-19,21,23,25-27,29H,8-10H2,1-2H3/t17-,18?,19?,21?,23?/m1/s1. The third kappa shape index (κ3) is 4.02. The van der Waals surface area contributed by atoms with E-state index in [1.807, 2.05) is 0 Å². The van der Waals surface area contributed by atoms with Gasteiger partial charge in [0.15, 0.2) is 11.6 Å². The summed E-state index contributed by atoms with van der Waals surface area (Å²) >= 11 is 0. The van der Waals surface area contributed by atoms with Gasteiger partial charge in [0.2, 0.25) is 0 Å². The van der Waals surface area contributed by atoms with Crippen LogP contribution in [0.15, 0.2) is 30.3 Å². The number of aliphatic hydroxyl groups excluding tert-OH is 1. The molecule has 3 heterocycles. The van der Waals surface area contributed by atoms with Crippen molar-refractivity contribution in [2.45, 2.75) is 63.0 Å². The minimum absolute atomic E-state index is 0.00907. The lowest BCUT2D eigenvalue weighted by atomic mass is 9.90. The van der Waals surface area contributed by atoms with Gasteiger partial charge in [0.25, 0.3) is 0 Å². The maximum absolute atomic E-state index is 12.7. The topological polar surface area (TPSA) is 135 Å². The highest BCUT2D eigenvalue weighted by Gasteiger charge is 2.46. The molecule has 2 aromatic carbocycles. The zero-order valence-electron chi connectivity index (χ0n) is 18.2. The van der Waals surface area contributed by atoms with E-state index in [9.17, 15) is 25.2 Å². The van der Waals surface area contributed by atoms with Gasteiger partial charge in [0.1, 0.15) is 46.9 Å². The van der Waals surface area contributed by atoms with Gasteiger partial charge in [-0.3, -0.25) is 4.79 Å². The molecule has 0 radical (unpaired) electrons. The Balaban J connectivity index is 1.41. The van der Waals surface area contributed by atoms with E-state index >= 15 is 0 Å². The molecule has 0 aromatic heterocycles. The molecule has 0 amide bonds. The molecule has 3 aliphatic heterocycles. The monoisotopic (exact) mass is 458 g/mol. The molecule has 0 bridgehead atoms. The van der Waals surface area contributed by atoms with Crippen molar-refractivity contribution in [2.75, 3.05) is 6.61 Å². The van der Waals surface area contributed by atoms with Crippen molar-refractivity contribution in [2.24, 2.45) is 0 Å². The Kier molecular flexibility index (Phi) is 5.24. The Bertz CT molecular complexity index is 1100. The van der Waals surface area contributed by atoms with Crippen molar-refractivity contribution in [1.82, 2.24) is 0 Å². The highest BCUT2D eigenvalue weighted by atomic mass is 16.7. The maximum Gasteiger partial charge on any atom is 0.174 e. The highest BCUT2D eigenvalue weighted by molar-refractivity contribution is 6.02. The summed E-state index contributed by atoms with van der Waals surface area (Å²) in [5, 5.41) is 41.0. The van der Waals surface area contributed by atoms with Crippen LogP contribution in [0.3, 0.4) is 0 Å². The van der Waals surface area contributed by atoms with Gasteiger partial charge in [-0.2, -0.15) is 0 Å². The summed E-state index contributed by atoms with van der Waals surface area (Å²) in [6, 6.07) is 7.20. The third-order valence-corrected chi connectivity index (χ3v) is 6.31. The molecular weight excluding hydrogens is 432 g/mol. The number of Topliss-reactive ketones (excluding diaryl/α,β-unsaturated/α-hetero) is 1. The number of ether oxygens (including phenoxy) is 4. The second-order valence-electron chi connectivity index (χ2n) is 9.15. The first-order valence-electron chi connectivity index (χ1n) is 10.9. The molecule has 5 atom stereocenters. The molecule has 9 nitrogen and oxygen atoms in total. The van der Waals surface area contributed by atoms with Crippen molar-refractivity contribution < 1.29 is 44.2 Å². The van der Waals surface area contributed by atoms with Crippen molar-refractivity contribution in [3.8, 4) is 23.0 Å². The lowest BCUT2D eigenvalue weighted by Gasteiger charge is -2.47. The van der Waals surface area contributed by atoms with Crippen LogP contribution in [0, 0.1) is 0 Å². The molecule has 3 aliphatic rings. The average molecular weight is 458 g/mol. The minimum atomic E-state index is -0.815. The van der Waals surface area contributed by atoms with Crippen LogP contribution in [0.25, 0.3) is 0 Å².